The smallest absolute Gasteiger partial charge is 0.105 e. The van der Waals surface area contributed by atoms with Crippen LogP contribution in [-0.2, 0) is 11.3 Å². The lowest BCUT2D eigenvalue weighted by Crippen LogP contribution is -2.43. The number of hydrogen-bond donors (Lipinski definition) is 1. The second-order valence-corrected chi connectivity index (χ2v) is 4.35. The molecule has 0 aromatic carbocycles. The van der Waals surface area contributed by atoms with Crippen molar-refractivity contribution in [2.24, 2.45) is 0 Å². The van der Waals surface area contributed by atoms with Crippen LogP contribution < -0.4 is 0 Å². The Bertz CT molecular complexity index is 348. The highest BCUT2D eigenvalue weighted by atomic mass is 16.5. The summed E-state index contributed by atoms with van der Waals surface area (Å²) in [5.74, 6) is 1.95. The number of aryl methyl sites for hydroxylation is 2. The van der Waals surface area contributed by atoms with Crippen LogP contribution in [0.4, 0.5) is 0 Å². The van der Waals surface area contributed by atoms with Gasteiger partial charge in [0.25, 0.3) is 0 Å². The lowest BCUT2D eigenvalue weighted by atomic mass is 10.2. The molecule has 0 saturated carbocycles. The summed E-state index contributed by atoms with van der Waals surface area (Å²) >= 11 is 0. The van der Waals surface area contributed by atoms with E-state index in [0.717, 1.165) is 31.2 Å². The van der Waals surface area contributed by atoms with E-state index in [2.05, 4.69) is 11.0 Å². The normalized spacial score (nSPS) is 22.6. The molecule has 1 aliphatic heterocycles. The lowest BCUT2D eigenvalue weighted by molar-refractivity contribution is -0.0551. The third-order valence-electron chi connectivity index (χ3n) is 2.96. The maximum absolute atomic E-state index is 9.06. The van der Waals surface area contributed by atoms with E-state index in [1.54, 1.807) is 0 Å². The summed E-state index contributed by atoms with van der Waals surface area (Å²) in [6.07, 6.45) is -0.0398. The third-order valence-corrected chi connectivity index (χ3v) is 2.96. The van der Waals surface area contributed by atoms with Crippen LogP contribution in [0, 0.1) is 13.8 Å². The van der Waals surface area contributed by atoms with Gasteiger partial charge in [-0.1, -0.05) is 0 Å². The van der Waals surface area contributed by atoms with Gasteiger partial charge in [0, 0.05) is 25.2 Å². The van der Waals surface area contributed by atoms with Crippen LogP contribution in [0.25, 0.3) is 0 Å². The molecule has 4 nitrogen and oxygen atoms in total. The second kappa shape index (κ2) is 4.99. The zero-order valence-corrected chi connectivity index (χ0v) is 9.90. The standard InChI is InChI=1S/C12H19NO3/c1-9-5-11(10(2)16-9)6-13-3-4-15-12(7-13)8-14/h5,12,14H,3-4,6-8H2,1-2H3. The molecule has 4 heteroatoms. The molecule has 0 aliphatic carbocycles. The molecule has 16 heavy (non-hydrogen) atoms. The molecule has 0 spiro atoms. The van der Waals surface area contributed by atoms with Gasteiger partial charge in [-0.05, 0) is 19.9 Å². The Kier molecular flexibility index (Phi) is 3.63. The first-order valence-corrected chi connectivity index (χ1v) is 5.69. The van der Waals surface area contributed by atoms with Crippen LogP contribution in [0.3, 0.4) is 0 Å². The molecule has 1 N–H and O–H groups in total. The highest BCUT2D eigenvalue weighted by Gasteiger charge is 2.20. The van der Waals surface area contributed by atoms with Crippen molar-refractivity contribution in [2.75, 3.05) is 26.3 Å². The summed E-state index contributed by atoms with van der Waals surface area (Å²) in [4.78, 5) is 2.29. The van der Waals surface area contributed by atoms with Gasteiger partial charge >= 0.3 is 0 Å². The van der Waals surface area contributed by atoms with Crippen molar-refractivity contribution in [3.63, 3.8) is 0 Å². The Labute approximate surface area is 95.8 Å². The third kappa shape index (κ3) is 2.64. The molecule has 1 aliphatic rings. The zero-order valence-electron chi connectivity index (χ0n) is 9.90. The first-order chi connectivity index (χ1) is 7.69. The van der Waals surface area contributed by atoms with E-state index in [-0.39, 0.29) is 12.7 Å². The van der Waals surface area contributed by atoms with Gasteiger partial charge in [-0.15, -0.1) is 0 Å². The van der Waals surface area contributed by atoms with E-state index in [1.807, 2.05) is 13.8 Å². The average molecular weight is 225 g/mol. The van der Waals surface area contributed by atoms with Gasteiger partial charge in [0.2, 0.25) is 0 Å². The Balaban J connectivity index is 1.96. The molecule has 90 valence electrons. The zero-order chi connectivity index (χ0) is 11.5. The molecular weight excluding hydrogens is 206 g/mol. The SMILES string of the molecule is Cc1cc(CN2CCOC(CO)C2)c(C)o1. The van der Waals surface area contributed by atoms with Crippen molar-refractivity contribution in [1.29, 1.82) is 0 Å². The van der Waals surface area contributed by atoms with E-state index in [0.29, 0.717) is 6.61 Å². The van der Waals surface area contributed by atoms with E-state index >= 15 is 0 Å². The van der Waals surface area contributed by atoms with Crippen LogP contribution in [0.2, 0.25) is 0 Å². The Morgan fingerprint density at radius 2 is 2.31 bits per heavy atom. The van der Waals surface area contributed by atoms with E-state index < -0.39 is 0 Å². The molecule has 0 radical (unpaired) electrons. The molecule has 1 unspecified atom stereocenters. The van der Waals surface area contributed by atoms with Crippen molar-refractivity contribution in [3.05, 3.63) is 23.2 Å². The van der Waals surface area contributed by atoms with E-state index in [1.165, 1.54) is 5.56 Å². The fourth-order valence-electron chi connectivity index (χ4n) is 2.12. The summed E-state index contributed by atoms with van der Waals surface area (Å²) in [6, 6.07) is 2.08. The molecule has 1 aromatic heterocycles. The molecule has 1 aromatic rings. The Hall–Kier alpha value is -0.840. The maximum atomic E-state index is 9.06. The topological polar surface area (TPSA) is 45.8 Å². The summed E-state index contributed by atoms with van der Waals surface area (Å²) in [5.41, 5.74) is 1.23. The average Bonchev–Trinajstić information content (AvgIpc) is 2.58. The van der Waals surface area contributed by atoms with Gasteiger partial charge in [0.1, 0.15) is 11.5 Å². The fraction of sp³-hybridized carbons (Fsp3) is 0.667. The molecule has 1 saturated heterocycles. The molecule has 1 atom stereocenters. The number of furan rings is 1. The minimum absolute atomic E-state index is 0.0398. The molecule has 2 rings (SSSR count). The highest BCUT2D eigenvalue weighted by molar-refractivity contribution is 5.19. The molecule has 1 fully saturated rings. The van der Waals surface area contributed by atoms with Crippen LogP contribution in [-0.4, -0.2) is 42.4 Å². The van der Waals surface area contributed by atoms with Crippen LogP contribution in [0.5, 0.6) is 0 Å². The molecule has 0 bridgehead atoms. The first kappa shape index (κ1) is 11.6. The first-order valence-electron chi connectivity index (χ1n) is 5.69. The van der Waals surface area contributed by atoms with E-state index in [4.69, 9.17) is 14.3 Å². The van der Waals surface area contributed by atoms with Gasteiger partial charge in [-0.2, -0.15) is 0 Å². The van der Waals surface area contributed by atoms with Crippen LogP contribution in [0.1, 0.15) is 17.1 Å². The van der Waals surface area contributed by atoms with Crippen molar-refractivity contribution >= 4 is 0 Å². The van der Waals surface area contributed by atoms with Gasteiger partial charge in [-0.25, -0.2) is 0 Å². The second-order valence-electron chi connectivity index (χ2n) is 4.35. The van der Waals surface area contributed by atoms with Crippen LogP contribution >= 0.6 is 0 Å². The molecule has 0 amide bonds. The quantitative estimate of drug-likeness (QED) is 0.836. The molecule has 2 heterocycles. The van der Waals surface area contributed by atoms with Crippen molar-refractivity contribution in [2.45, 2.75) is 26.5 Å². The van der Waals surface area contributed by atoms with E-state index in [9.17, 15) is 0 Å². The number of aliphatic hydroxyl groups is 1. The minimum atomic E-state index is -0.0398. The number of nitrogens with zero attached hydrogens (tertiary/aromatic N) is 1. The van der Waals surface area contributed by atoms with Gasteiger partial charge in [0.15, 0.2) is 0 Å². The fourth-order valence-corrected chi connectivity index (χ4v) is 2.12. The number of hydrogen-bond acceptors (Lipinski definition) is 4. The predicted molar refractivity (Wildman–Crippen MR) is 60.3 cm³/mol. The maximum Gasteiger partial charge on any atom is 0.105 e. The predicted octanol–water partition coefficient (Wildman–Crippen LogP) is 1.09. The van der Waals surface area contributed by atoms with Gasteiger partial charge < -0.3 is 14.3 Å². The Morgan fingerprint density at radius 3 is 2.94 bits per heavy atom. The van der Waals surface area contributed by atoms with Crippen molar-refractivity contribution < 1.29 is 14.3 Å². The van der Waals surface area contributed by atoms with Crippen molar-refractivity contribution in [1.82, 2.24) is 4.90 Å². The van der Waals surface area contributed by atoms with Gasteiger partial charge in [0.05, 0.1) is 19.3 Å². The number of ether oxygens (including phenoxy) is 1. The lowest BCUT2D eigenvalue weighted by Gasteiger charge is -2.31. The summed E-state index contributed by atoms with van der Waals surface area (Å²) in [5, 5.41) is 9.06. The molecular formula is C12H19NO3. The van der Waals surface area contributed by atoms with Crippen molar-refractivity contribution in [3.8, 4) is 0 Å². The monoisotopic (exact) mass is 225 g/mol. The van der Waals surface area contributed by atoms with Gasteiger partial charge in [-0.3, -0.25) is 4.90 Å². The number of rotatable bonds is 3. The minimum Gasteiger partial charge on any atom is -0.466 e. The number of aliphatic hydroxyl groups excluding tert-OH is 1. The largest absolute Gasteiger partial charge is 0.466 e. The Morgan fingerprint density at radius 1 is 1.50 bits per heavy atom. The van der Waals surface area contributed by atoms with Crippen LogP contribution in [0.15, 0.2) is 10.5 Å². The summed E-state index contributed by atoms with van der Waals surface area (Å²) in [6.45, 7) is 7.34. The highest BCUT2D eigenvalue weighted by Crippen LogP contribution is 2.17. The summed E-state index contributed by atoms with van der Waals surface area (Å²) in [7, 11) is 0. The summed E-state index contributed by atoms with van der Waals surface area (Å²) < 4.78 is 10.9. The number of morpholine rings is 1.